The summed E-state index contributed by atoms with van der Waals surface area (Å²) in [6.45, 7) is 4.15. The fourth-order valence-electron chi connectivity index (χ4n) is 3.02. The number of nitrogens with two attached hydrogens (primary N) is 1. The van der Waals surface area contributed by atoms with Crippen LogP contribution in [0.3, 0.4) is 0 Å². The number of nitrogen functional groups attached to an aromatic ring is 1. The quantitative estimate of drug-likeness (QED) is 0.858. The lowest BCUT2D eigenvalue weighted by molar-refractivity contribution is 0.900. The molecule has 0 fully saturated rings. The summed E-state index contributed by atoms with van der Waals surface area (Å²) in [6.07, 6.45) is 3.04. The molecule has 20 heavy (non-hydrogen) atoms. The minimum absolute atomic E-state index is 0.365. The Bertz CT molecular complexity index is 738. The van der Waals surface area contributed by atoms with Crippen LogP contribution in [0.1, 0.15) is 34.4 Å². The van der Waals surface area contributed by atoms with Crippen LogP contribution in [0.2, 0.25) is 0 Å². The van der Waals surface area contributed by atoms with Gasteiger partial charge in [0.05, 0.1) is 0 Å². The van der Waals surface area contributed by atoms with E-state index in [1.807, 2.05) is 0 Å². The number of nitrogens with zero attached hydrogens (tertiary/aromatic N) is 2. The van der Waals surface area contributed by atoms with E-state index in [0.717, 1.165) is 36.1 Å². The molecule has 0 atom stereocenters. The molecular weight excluding hydrogens is 246 g/mol. The van der Waals surface area contributed by atoms with Crippen LogP contribution in [0.25, 0.3) is 11.1 Å². The fraction of sp³-hybridized carbons (Fsp3) is 0.294. The third-order valence-electron chi connectivity index (χ3n) is 4.03. The predicted octanol–water partition coefficient (Wildman–Crippen LogP) is 3.31. The van der Waals surface area contributed by atoms with Gasteiger partial charge >= 0.3 is 0 Å². The summed E-state index contributed by atoms with van der Waals surface area (Å²) < 4.78 is 0. The van der Waals surface area contributed by atoms with Gasteiger partial charge in [-0.25, -0.2) is 4.98 Å². The second kappa shape index (κ2) is 4.64. The number of benzene rings is 1. The van der Waals surface area contributed by atoms with E-state index in [-0.39, 0.29) is 0 Å². The van der Waals surface area contributed by atoms with Gasteiger partial charge in [-0.15, -0.1) is 0 Å². The number of hydrogen-bond donors (Lipinski definition) is 1. The van der Waals surface area contributed by atoms with Crippen molar-refractivity contribution in [2.24, 2.45) is 0 Å². The van der Waals surface area contributed by atoms with E-state index in [1.165, 1.54) is 16.7 Å². The average Bonchev–Trinajstić information content (AvgIpc) is 2.87. The van der Waals surface area contributed by atoms with Crippen LogP contribution < -0.4 is 5.73 Å². The third-order valence-corrected chi connectivity index (χ3v) is 4.03. The largest absolute Gasteiger partial charge is 0.383 e. The molecule has 1 heterocycles. The Hall–Kier alpha value is -2.34. The van der Waals surface area contributed by atoms with Crippen molar-refractivity contribution in [2.45, 2.75) is 33.1 Å². The molecule has 0 aliphatic heterocycles. The van der Waals surface area contributed by atoms with E-state index in [4.69, 9.17) is 5.73 Å². The van der Waals surface area contributed by atoms with Crippen molar-refractivity contribution in [1.29, 1.82) is 5.26 Å². The normalized spacial score (nSPS) is 13.1. The zero-order chi connectivity index (χ0) is 14.3. The lowest BCUT2D eigenvalue weighted by Gasteiger charge is -2.15. The summed E-state index contributed by atoms with van der Waals surface area (Å²) in [5.41, 5.74) is 13.3. The summed E-state index contributed by atoms with van der Waals surface area (Å²) in [6, 6.07) is 8.59. The first kappa shape index (κ1) is 12.7. The maximum absolute atomic E-state index is 9.48. The van der Waals surface area contributed by atoms with Crippen LogP contribution in [0, 0.1) is 25.2 Å². The third kappa shape index (κ3) is 1.85. The zero-order valence-electron chi connectivity index (χ0n) is 11.8. The van der Waals surface area contributed by atoms with Gasteiger partial charge in [0, 0.05) is 11.3 Å². The fourth-order valence-corrected chi connectivity index (χ4v) is 3.02. The van der Waals surface area contributed by atoms with Crippen molar-refractivity contribution in [3.8, 4) is 17.2 Å². The summed E-state index contributed by atoms with van der Waals surface area (Å²) in [5, 5.41) is 9.48. The summed E-state index contributed by atoms with van der Waals surface area (Å²) in [4.78, 5) is 4.42. The van der Waals surface area contributed by atoms with Gasteiger partial charge in [0.25, 0.3) is 0 Å². The molecule has 1 aromatic carbocycles. The molecule has 0 unspecified atom stereocenters. The van der Waals surface area contributed by atoms with Crippen molar-refractivity contribution in [1.82, 2.24) is 4.98 Å². The van der Waals surface area contributed by atoms with E-state index in [9.17, 15) is 5.26 Å². The molecule has 0 spiro atoms. The Kier molecular flexibility index (Phi) is 2.94. The van der Waals surface area contributed by atoms with Gasteiger partial charge in [-0.2, -0.15) is 5.26 Å². The number of aryl methyl sites for hydroxylation is 3. The number of nitriles is 1. The van der Waals surface area contributed by atoms with Crippen molar-refractivity contribution in [3.63, 3.8) is 0 Å². The van der Waals surface area contributed by atoms with Gasteiger partial charge in [-0.05, 0) is 49.8 Å². The van der Waals surface area contributed by atoms with Crippen LogP contribution in [0.5, 0.6) is 0 Å². The molecule has 3 rings (SSSR count). The Morgan fingerprint density at radius 3 is 2.80 bits per heavy atom. The lowest BCUT2D eigenvalue weighted by Crippen LogP contribution is -2.04. The van der Waals surface area contributed by atoms with Gasteiger partial charge in [-0.1, -0.05) is 23.8 Å². The smallest absolute Gasteiger partial charge is 0.142 e. The Labute approximate surface area is 119 Å². The molecule has 1 aliphatic carbocycles. The maximum Gasteiger partial charge on any atom is 0.142 e. The zero-order valence-corrected chi connectivity index (χ0v) is 11.8. The molecule has 1 aromatic heterocycles. The molecule has 0 bridgehead atoms. The predicted molar refractivity (Wildman–Crippen MR) is 80.3 cm³/mol. The van der Waals surface area contributed by atoms with E-state index in [1.54, 1.807) is 0 Å². The second-order valence-electron chi connectivity index (χ2n) is 5.46. The SMILES string of the molecule is Cc1ccc(C)c(-c2c(C#N)c(N)nc3c2CCC3)c1. The number of rotatable bonds is 1. The number of fused-ring (bicyclic) bond motifs is 1. The van der Waals surface area contributed by atoms with Gasteiger partial charge in [0.1, 0.15) is 17.5 Å². The summed E-state index contributed by atoms with van der Waals surface area (Å²) >= 11 is 0. The van der Waals surface area contributed by atoms with Crippen molar-refractivity contribution >= 4 is 5.82 Å². The van der Waals surface area contributed by atoms with Crippen LogP contribution >= 0.6 is 0 Å². The van der Waals surface area contributed by atoms with Crippen molar-refractivity contribution < 1.29 is 0 Å². The van der Waals surface area contributed by atoms with E-state index in [2.05, 4.69) is 43.1 Å². The molecule has 2 N–H and O–H groups in total. The molecule has 0 saturated carbocycles. The Morgan fingerprint density at radius 1 is 1.25 bits per heavy atom. The first-order valence-corrected chi connectivity index (χ1v) is 6.90. The molecule has 3 nitrogen and oxygen atoms in total. The number of pyridine rings is 1. The molecule has 0 saturated heterocycles. The van der Waals surface area contributed by atoms with Crippen molar-refractivity contribution in [3.05, 3.63) is 46.1 Å². The Morgan fingerprint density at radius 2 is 2.05 bits per heavy atom. The number of hydrogen-bond acceptors (Lipinski definition) is 3. The molecular formula is C17H17N3. The first-order chi connectivity index (χ1) is 9.61. The molecule has 0 radical (unpaired) electrons. The number of aromatic nitrogens is 1. The minimum Gasteiger partial charge on any atom is -0.383 e. The van der Waals surface area contributed by atoms with Crippen LogP contribution in [0.4, 0.5) is 5.82 Å². The Balaban J connectivity index is 2.38. The number of anilines is 1. The second-order valence-corrected chi connectivity index (χ2v) is 5.46. The maximum atomic E-state index is 9.48. The highest BCUT2D eigenvalue weighted by atomic mass is 14.9. The van der Waals surface area contributed by atoms with Gasteiger partial charge in [-0.3, -0.25) is 0 Å². The monoisotopic (exact) mass is 263 g/mol. The van der Waals surface area contributed by atoms with E-state index >= 15 is 0 Å². The molecule has 0 amide bonds. The summed E-state index contributed by atoms with van der Waals surface area (Å²) in [7, 11) is 0. The average molecular weight is 263 g/mol. The molecule has 2 aromatic rings. The van der Waals surface area contributed by atoms with Gasteiger partial charge in [0.15, 0.2) is 0 Å². The van der Waals surface area contributed by atoms with E-state index in [0.29, 0.717) is 11.4 Å². The topological polar surface area (TPSA) is 62.7 Å². The van der Waals surface area contributed by atoms with Gasteiger partial charge in [0.2, 0.25) is 0 Å². The lowest BCUT2D eigenvalue weighted by atomic mass is 9.91. The standard InChI is InChI=1S/C17H17N3/c1-10-6-7-11(2)13(8-10)16-12-4-3-5-15(12)20-17(19)14(16)9-18/h6-8H,3-5H2,1-2H3,(H2,19,20). The minimum atomic E-state index is 0.365. The van der Waals surface area contributed by atoms with Crippen LogP contribution in [0.15, 0.2) is 18.2 Å². The van der Waals surface area contributed by atoms with Crippen molar-refractivity contribution in [2.75, 3.05) is 5.73 Å². The van der Waals surface area contributed by atoms with Gasteiger partial charge < -0.3 is 5.73 Å². The highest BCUT2D eigenvalue weighted by Crippen LogP contribution is 2.38. The highest BCUT2D eigenvalue weighted by Gasteiger charge is 2.23. The first-order valence-electron chi connectivity index (χ1n) is 6.90. The molecule has 100 valence electrons. The van der Waals surface area contributed by atoms with Crippen LogP contribution in [-0.4, -0.2) is 4.98 Å². The highest BCUT2D eigenvalue weighted by molar-refractivity contribution is 5.81. The van der Waals surface area contributed by atoms with E-state index < -0.39 is 0 Å². The summed E-state index contributed by atoms with van der Waals surface area (Å²) in [5.74, 6) is 0.365. The molecule has 3 heteroatoms. The molecule has 1 aliphatic rings. The van der Waals surface area contributed by atoms with Crippen LogP contribution in [-0.2, 0) is 12.8 Å².